The Hall–Kier alpha value is -1.91. The first-order valence-corrected chi connectivity index (χ1v) is 6.92. The van der Waals surface area contributed by atoms with Crippen LogP contribution in [0.3, 0.4) is 0 Å². The number of ether oxygens (including phenoxy) is 1. The van der Waals surface area contributed by atoms with Crippen molar-refractivity contribution in [1.82, 2.24) is 9.88 Å². The van der Waals surface area contributed by atoms with Gasteiger partial charge >= 0.3 is 0 Å². The largest absolute Gasteiger partial charge is 0.397 e. The molecule has 1 aliphatic rings. The van der Waals surface area contributed by atoms with Crippen molar-refractivity contribution in [3.63, 3.8) is 0 Å². The molecule has 0 saturated carbocycles. The van der Waals surface area contributed by atoms with Gasteiger partial charge in [-0.3, -0.25) is 9.88 Å². The molecule has 2 N–H and O–H groups in total. The van der Waals surface area contributed by atoms with Crippen LogP contribution in [0.25, 0.3) is 11.3 Å². The van der Waals surface area contributed by atoms with Gasteiger partial charge in [0.1, 0.15) is 0 Å². The minimum atomic E-state index is 0.693. The zero-order chi connectivity index (χ0) is 13.8. The Labute approximate surface area is 119 Å². The zero-order valence-electron chi connectivity index (χ0n) is 11.5. The summed E-state index contributed by atoms with van der Waals surface area (Å²) in [4.78, 5) is 6.79. The van der Waals surface area contributed by atoms with Crippen LogP contribution >= 0.6 is 0 Å². The Morgan fingerprint density at radius 2 is 2.00 bits per heavy atom. The zero-order valence-corrected chi connectivity index (χ0v) is 11.5. The van der Waals surface area contributed by atoms with Crippen LogP contribution in [-0.2, 0) is 11.3 Å². The second kappa shape index (κ2) is 6.03. The maximum atomic E-state index is 5.68. The van der Waals surface area contributed by atoms with Crippen LogP contribution in [0.5, 0.6) is 0 Å². The average Bonchev–Trinajstić information content (AvgIpc) is 2.49. The third-order valence-corrected chi connectivity index (χ3v) is 3.52. The van der Waals surface area contributed by atoms with Crippen molar-refractivity contribution < 1.29 is 4.74 Å². The Morgan fingerprint density at radius 3 is 2.75 bits per heavy atom. The standard InChI is InChI=1S/C16H19N3O/c17-15-4-5-16(18-11-15)14-3-1-2-13(10-14)12-19-6-8-20-9-7-19/h1-5,10-11H,6-9,12,17H2. The Kier molecular flexibility index (Phi) is 3.95. The smallest absolute Gasteiger partial charge is 0.0703 e. The minimum absolute atomic E-state index is 0.693. The molecule has 3 rings (SSSR count). The minimum Gasteiger partial charge on any atom is -0.397 e. The molecule has 4 nitrogen and oxygen atoms in total. The van der Waals surface area contributed by atoms with Gasteiger partial charge in [0, 0.05) is 25.2 Å². The third-order valence-electron chi connectivity index (χ3n) is 3.52. The van der Waals surface area contributed by atoms with Crippen molar-refractivity contribution in [3.05, 3.63) is 48.2 Å². The van der Waals surface area contributed by atoms with Gasteiger partial charge in [-0.05, 0) is 23.8 Å². The highest BCUT2D eigenvalue weighted by molar-refractivity contribution is 5.61. The number of anilines is 1. The van der Waals surface area contributed by atoms with Crippen LogP contribution in [0.15, 0.2) is 42.6 Å². The fourth-order valence-corrected chi connectivity index (χ4v) is 2.42. The number of nitrogens with two attached hydrogens (primary N) is 1. The van der Waals surface area contributed by atoms with E-state index in [-0.39, 0.29) is 0 Å². The highest BCUT2D eigenvalue weighted by Crippen LogP contribution is 2.20. The van der Waals surface area contributed by atoms with Gasteiger partial charge in [-0.25, -0.2) is 0 Å². The number of nitrogen functional groups attached to an aromatic ring is 1. The molecule has 0 bridgehead atoms. The number of hydrogen-bond donors (Lipinski definition) is 1. The molecule has 1 fully saturated rings. The van der Waals surface area contributed by atoms with E-state index < -0.39 is 0 Å². The van der Waals surface area contributed by atoms with Crippen LogP contribution in [-0.4, -0.2) is 36.2 Å². The number of pyridine rings is 1. The molecule has 1 aliphatic heterocycles. The molecule has 0 unspecified atom stereocenters. The van der Waals surface area contributed by atoms with E-state index in [1.165, 1.54) is 5.56 Å². The molecule has 1 aromatic carbocycles. The molecule has 104 valence electrons. The topological polar surface area (TPSA) is 51.4 Å². The summed E-state index contributed by atoms with van der Waals surface area (Å²) < 4.78 is 5.38. The summed E-state index contributed by atoms with van der Waals surface area (Å²) >= 11 is 0. The molecule has 2 heterocycles. The lowest BCUT2D eigenvalue weighted by Crippen LogP contribution is -2.35. The molecule has 0 aliphatic carbocycles. The number of aromatic nitrogens is 1. The molecule has 0 atom stereocenters. The summed E-state index contributed by atoms with van der Waals surface area (Å²) in [6, 6.07) is 12.4. The van der Waals surface area contributed by atoms with Gasteiger partial charge < -0.3 is 10.5 Å². The molecule has 4 heteroatoms. The summed E-state index contributed by atoms with van der Waals surface area (Å²) in [5, 5.41) is 0. The van der Waals surface area contributed by atoms with E-state index in [1.54, 1.807) is 6.20 Å². The lowest BCUT2D eigenvalue weighted by Gasteiger charge is -2.26. The van der Waals surface area contributed by atoms with Crippen LogP contribution in [0.1, 0.15) is 5.56 Å². The van der Waals surface area contributed by atoms with Crippen molar-refractivity contribution in [2.24, 2.45) is 0 Å². The predicted octanol–water partition coefficient (Wildman–Crippen LogP) is 2.16. The van der Waals surface area contributed by atoms with E-state index in [0.29, 0.717) is 5.69 Å². The first kappa shape index (κ1) is 13.1. The molecule has 0 radical (unpaired) electrons. The van der Waals surface area contributed by atoms with Crippen LogP contribution in [0.4, 0.5) is 5.69 Å². The van der Waals surface area contributed by atoms with E-state index in [2.05, 4.69) is 34.1 Å². The van der Waals surface area contributed by atoms with Crippen LogP contribution < -0.4 is 5.73 Å². The third kappa shape index (κ3) is 3.15. The Balaban J connectivity index is 1.76. The molecular weight excluding hydrogens is 250 g/mol. The monoisotopic (exact) mass is 269 g/mol. The van der Waals surface area contributed by atoms with Crippen molar-refractivity contribution in [1.29, 1.82) is 0 Å². The summed E-state index contributed by atoms with van der Waals surface area (Å²) in [6.45, 7) is 4.64. The molecular formula is C16H19N3O. The molecule has 0 spiro atoms. The molecule has 1 saturated heterocycles. The van der Waals surface area contributed by atoms with Crippen LogP contribution in [0, 0.1) is 0 Å². The molecule has 0 amide bonds. The Bertz CT molecular complexity index is 562. The second-order valence-electron chi connectivity index (χ2n) is 5.07. The normalized spacial score (nSPS) is 16.2. The van der Waals surface area contributed by atoms with E-state index in [9.17, 15) is 0 Å². The van der Waals surface area contributed by atoms with Gasteiger partial charge in [-0.2, -0.15) is 0 Å². The average molecular weight is 269 g/mol. The van der Waals surface area contributed by atoms with Gasteiger partial charge in [0.2, 0.25) is 0 Å². The van der Waals surface area contributed by atoms with Gasteiger partial charge in [-0.1, -0.05) is 18.2 Å². The van der Waals surface area contributed by atoms with Gasteiger partial charge in [0.05, 0.1) is 30.8 Å². The van der Waals surface area contributed by atoms with Gasteiger partial charge in [-0.15, -0.1) is 0 Å². The lowest BCUT2D eigenvalue weighted by molar-refractivity contribution is 0.0342. The SMILES string of the molecule is Nc1ccc(-c2cccc(CN3CCOCC3)c2)nc1. The maximum Gasteiger partial charge on any atom is 0.0703 e. The highest BCUT2D eigenvalue weighted by Gasteiger charge is 2.11. The summed E-state index contributed by atoms with van der Waals surface area (Å²) in [5.41, 5.74) is 9.77. The van der Waals surface area contributed by atoms with E-state index in [4.69, 9.17) is 10.5 Å². The number of hydrogen-bond acceptors (Lipinski definition) is 4. The summed E-state index contributed by atoms with van der Waals surface area (Å²) in [5.74, 6) is 0. The van der Waals surface area contributed by atoms with Crippen LogP contribution in [0.2, 0.25) is 0 Å². The van der Waals surface area contributed by atoms with E-state index >= 15 is 0 Å². The number of rotatable bonds is 3. The fourth-order valence-electron chi connectivity index (χ4n) is 2.42. The predicted molar refractivity (Wildman–Crippen MR) is 80.2 cm³/mol. The Morgan fingerprint density at radius 1 is 1.15 bits per heavy atom. The lowest BCUT2D eigenvalue weighted by atomic mass is 10.1. The van der Waals surface area contributed by atoms with E-state index in [0.717, 1.165) is 44.1 Å². The molecule has 2 aromatic rings. The quantitative estimate of drug-likeness (QED) is 0.927. The van der Waals surface area contributed by atoms with Gasteiger partial charge in [0.25, 0.3) is 0 Å². The van der Waals surface area contributed by atoms with Crippen molar-refractivity contribution in [2.75, 3.05) is 32.0 Å². The maximum absolute atomic E-state index is 5.68. The highest BCUT2D eigenvalue weighted by atomic mass is 16.5. The second-order valence-corrected chi connectivity index (χ2v) is 5.07. The molecule has 1 aromatic heterocycles. The van der Waals surface area contributed by atoms with Crippen molar-refractivity contribution in [3.8, 4) is 11.3 Å². The summed E-state index contributed by atoms with van der Waals surface area (Å²) in [7, 11) is 0. The first-order valence-electron chi connectivity index (χ1n) is 6.92. The number of nitrogens with zero attached hydrogens (tertiary/aromatic N) is 2. The first-order chi connectivity index (χ1) is 9.81. The van der Waals surface area contributed by atoms with E-state index in [1.807, 2.05) is 12.1 Å². The fraction of sp³-hybridized carbons (Fsp3) is 0.312. The van der Waals surface area contributed by atoms with Crippen molar-refractivity contribution in [2.45, 2.75) is 6.54 Å². The number of benzene rings is 1. The van der Waals surface area contributed by atoms with Crippen molar-refractivity contribution >= 4 is 5.69 Å². The summed E-state index contributed by atoms with van der Waals surface area (Å²) in [6.07, 6.45) is 1.70. The van der Waals surface area contributed by atoms with Gasteiger partial charge in [0.15, 0.2) is 0 Å². The molecule has 20 heavy (non-hydrogen) atoms. The number of morpholine rings is 1.